The summed E-state index contributed by atoms with van der Waals surface area (Å²) in [7, 11) is 0. The minimum Gasteiger partial charge on any atom is -0.481 e. The highest BCUT2D eigenvalue weighted by molar-refractivity contribution is 7.99. The van der Waals surface area contributed by atoms with Crippen molar-refractivity contribution in [2.45, 2.75) is 11.6 Å². The van der Waals surface area contributed by atoms with Gasteiger partial charge in [-0.25, -0.2) is 13.8 Å². The highest BCUT2D eigenvalue weighted by Gasteiger charge is 2.11. The lowest BCUT2D eigenvalue weighted by Crippen LogP contribution is -1.98. The number of carboxylic acids is 1. The monoisotopic (exact) mass is 285 g/mol. The lowest BCUT2D eigenvalue weighted by molar-refractivity contribution is -0.133. The van der Waals surface area contributed by atoms with Crippen molar-refractivity contribution in [3.63, 3.8) is 0 Å². The quantitative estimate of drug-likeness (QED) is 0.820. The Balaban J connectivity index is 2.07. The molecule has 0 aliphatic carbocycles. The van der Waals surface area contributed by atoms with Gasteiger partial charge in [-0.2, -0.15) is 0 Å². The van der Waals surface area contributed by atoms with Crippen LogP contribution in [0, 0.1) is 11.6 Å². The van der Waals surface area contributed by atoms with E-state index in [4.69, 9.17) is 5.11 Å². The molecule has 0 aliphatic rings. The number of aliphatic carboxylic acids is 1. The molecule has 0 spiro atoms. The summed E-state index contributed by atoms with van der Waals surface area (Å²) in [4.78, 5) is 14.4. The number of nitrogens with zero attached hydrogens (tertiary/aromatic N) is 2. The van der Waals surface area contributed by atoms with E-state index < -0.39 is 17.6 Å². The molecule has 0 bridgehead atoms. The fraction of sp³-hybridized carbons (Fsp3) is 0.182. The number of hydrogen-bond donors (Lipinski definition) is 2. The van der Waals surface area contributed by atoms with E-state index in [2.05, 4.69) is 15.2 Å². The Morgan fingerprint density at radius 1 is 1.42 bits per heavy atom. The van der Waals surface area contributed by atoms with Gasteiger partial charge < -0.3 is 5.11 Å². The van der Waals surface area contributed by atoms with Crippen molar-refractivity contribution in [2.75, 3.05) is 5.75 Å². The summed E-state index contributed by atoms with van der Waals surface area (Å²) in [5, 5.41) is 15.1. The summed E-state index contributed by atoms with van der Waals surface area (Å²) in [5.41, 5.74) is 0.158. The van der Waals surface area contributed by atoms with E-state index in [0.717, 1.165) is 17.8 Å². The fourth-order valence-electron chi connectivity index (χ4n) is 1.41. The number of halogens is 2. The molecule has 19 heavy (non-hydrogen) atoms. The largest absolute Gasteiger partial charge is 0.481 e. The molecule has 1 aromatic heterocycles. The minimum atomic E-state index is -0.979. The van der Waals surface area contributed by atoms with Crippen LogP contribution in [-0.2, 0) is 11.2 Å². The zero-order chi connectivity index (χ0) is 13.8. The number of hydrogen-bond acceptors (Lipinski definition) is 4. The number of carboxylic acid groups (broad SMARTS) is 1. The highest BCUT2D eigenvalue weighted by atomic mass is 32.2. The van der Waals surface area contributed by atoms with Crippen molar-refractivity contribution in [3.8, 4) is 0 Å². The third-order valence-corrected chi connectivity index (χ3v) is 3.06. The Hall–Kier alpha value is -1.96. The van der Waals surface area contributed by atoms with Gasteiger partial charge in [0.1, 0.15) is 5.82 Å². The third-order valence-electron chi connectivity index (χ3n) is 2.23. The van der Waals surface area contributed by atoms with Gasteiger partial charge in [-0.15, -0.1) is 5.10 Å². The molecular weight excluding hydrogens is 276 g/mol. The third kappa shape index (κ3) is 3.50. The van der Waals surface area contributed by atoms with Gasteiger partial charge >= 0.3 is 5.97 Å². The number of carbonyl (C=O) groups is 1. The molecule has 0 aliphatic heterocycles. The van der Waals surface area contributed by atoms with E-state index in [1.165, 1.54) is 12.1 Å². The average Bonchev–Trinajstić information content (AvgIpc) is 2.80. The molecule has 0 atom stereocenters. The summed E-state index contributed by atoms with van der Waals surface area (Å²) in [6.45, 7) is 0. The van der Waals surface area contributed by atoms with Gasteiger partial charge in [0.25, 0.3) is 0 Å². The van der Waals surface area contributed by atoms with E-state index in [-0.39, 0.29) is 22.9 Å². The SMILES string of the molecule is O=C(O)CSc1n[nH]c(Cc2cccc(F)c2F)n1. The molecule has 1 aromatic carbocycles. The molecule has 0 radical (unpaired) electrons. The van der Waals surface area contributed by atoms with E-state index >= 15 is 0 Å². The van der Waals surface area contributed by atoms with Gasteiger partial charge in [0, 0.05) is 6.42 Å². The Morgan fingerprint density at radius 2 is 2.21 bits per heavy atom. The Labute approximate surface area is 111 Å². The van der Waals surface area contributed by atoms with Crippen molar-refractivity contribution in [1.82, 2.24) is 15.2 Å². The number of H-pyrrole nitrogens is 1. The molecule has 8 heteroatoms. The van der Waals surface area contributed by atoms with E-state index in [1.807, 2.05) is 0 Å². The highest BCUT2D eigenvalue weighted by Crippen LogP contribution is 2.16. The molecule has 0 amide bonds. The number of thioether (sulfide) groups is 1. The summed E-state index contributed by atoms with van der Waals surface area (Å²) in [6, 6.07) is 3.89. The van der Waals surface area contributed by atoms with E-state index in [9.17, 15) is 13.6 Å². The maximum absolute atomic E-state index is 13.4. The zero-order valence-corrected chi connectivity index (χ0v) is 10.4. The summed E-state index contributed by atoms with van der Waals surface area (Å²) in [5.74, 6) is -2.63. The number of nitrogens with one attached hydrogen (secondary N) is 1. The molecule has 0 saturated heterocycles. The van der Waals surface area contributed by atoms with Gasteiger partial charge in [-0.3, -0.25) is 9.89 Å². The first-order valence-electron chi connectivity index (χ1n) is 5.25. The molecular formula is C11H9F2N3O2S. The van der Waals surface area contributed by atoms with Crippen molar-refractivity contribution >= 4 is 17.7 Å². The molecule has 5 nitrogen and oxygen atoms in total. The Morgan fingerprint density at radius 3 is 2.95 bits per heavy atom. The van der Waals surface area contributed by atoms with Crippen LogP contribution in [0.4, 0.5) is 8.78 Å². The maximum atomic E-state index is 13.4. The van der Waals surface area contributed by atoms with Crippen LogP contribution in [-0.4, -0.2) is 32.0 Å². The number of aromatic amines is 1. The predicted molar refractivity (Wildman–Crippen MR) is 63.9 cm³/mol. The molecule has 2 rings (SSSR count). The predicted octanol–water partition coefficient (Wildman–Crippen LogP) is 1.85. The standard InChI is InChI=1S/C11H9F2N3O2S/c12-7-3-1-2-6(10(7)13)4-8-14-11(16-15-8)19-5-9(17)18/h1-3H,4-5H2,(H,17,18)(H,14,15,16). The average molecular weight is 285 g/mol. The molecule has 0 fully saturated rings. The van der Waals surface area contributed by atoms with Gasteiger partial charge in [-0.1, -0.05) is 23.9 Å². The lowest BCUT2D eigenvalue weighted by Gasteiger charge is -2.00. The van der Waals surface area contributed by atoms with Gasteiger partial charge in [-0.05, 0) is 11.6 Å². The van der Waals surface area contributed by atoms with Gasteiger partial charge in [0.05, 0.1) is 5.75 Å². The smallest absolute Gasteiger partial charge is 0.313 e. The first-order chi connectivity index (χ1) is 9.06. The summed E-state index contributed by atoms with van der Waals surface area (Å²) < 4.78 is 26.4. The molecule has 2 aromatic rings. The van der Waals surface area contributed by atoms with Crippen LogP contribution >= 0.6 is 11.8 Å². The first-order valence-corrected chi connectivity index (χ1v) is 6.23. The number of aromatic nitrogens is 3. The minimum absolute atomic E-state index is 0.0597. The van der Waals surface area contributed by atoms with E-state index in [0.29, 0.717) is 5.82 Å². The fourth-order valence-corrected chi connectivity index (χ4v) is 1.95. The second-order valence-electron chi connectivity index (χ2n) is 3.64. The molecule has 0 unspecified atom stereocenters. The molecule has 100 valence electrons. The Bertz CT molecular complexity index is 603. The van der Waals surface area contributed by atoms with Crippen LogP contribution in [0.3, 0.4) is 0 Å². The summed E-state index contributed by atoms with van der Waals surface area (Å²) in [6.07, 6.45) is 0.0597. The first kappa shape index (κ1) is 13.5. The van der Waals surface area contributed by atoms with Crippen molar-refractivity contribution in [3.05, 3.63) is 41.2 Å². The van der Waals surface area contributed by atoms with E-state index in [1.54, 1.807) is 0 Å². The molecule has 2 N–H and O–H groups in total. The van der Waals surface area contributed by atoms with Crippen LogP contribution in [0.2, 0.25) is 0 Å². The molecule has 1 heterocycles. The van der Waals surface area contributed by atoms with Gasteiger partial charge in [0.15, 0.2) is 11.6 Å². The molecule has 0 saturated carbocycles. The Kier molecular flexibility index (Phi) is 4.10. The van der Waals surface area contributed by atoms with Crippen LogP contribution in [0.25, 0.3) is 0 Å². The van der Waals surface area contributed by atoms with Crippen molar-refractivity contribution in [1.29, 1.82) is 0 Å². The normalized spacial score (nSPS) is 10.6. The maximum Gasteiger partial charge on any atom is 0.313 e. The number of benzene rings is 1. The zero-order valence-electron chi connectivity index (χ0n) is 9.56. The topological polar surface area (TPSA) is 78.9 Å². The second kappa shape index (κ2) is 5.79. The van der Waals surface area contributed by atoms with Crippen molar-refractivity contribution < 1.29 is 18.7 Å². The second-order valence-corrected chi connectivity index (χ2v) is 4.58. The van der Waals surface area contributed by atoms with Gasteiger partial charge in [0.2, 0.25) is 5.16 Å². The lowest BCUT2D eigenvalue weighted by atomic mass is 10.1. The van der Waals surface area contributed by atoms with Crippen molar-refractivity contribution in [2.24, 2.45) is 0 Å². The van der Waals surface area contributed by atoms with Crippen LogP contribution in [0.1, 0.15) is 11.4 Å². The van der Waals surface area contributed by atoms with Crippen LogP contribution < -0.4 is 0 Å². The van der Waals surface area contributed by atoms with Crippen LogP contribution in [0.15, 0.2) is 23.4 Å². The number of rotatable bonds is 5. The summed E-state index contributed by atoms with van der Waals surface area (Å²) >= 11 is 0.946. The van der Waals surface area contributed by atoms with Crippen LogP contribution in [0.5, 0.6) is 0 Å².